The first-order valence-corrected chi connectivity index (χ1v) is 9.19. The first-order chi connectivity index (χ1) is 12.3. The number of ether oxygens (including phenoxy) is 1. The van der Waals surface area contributed by atoms with E-state index in [1.165, 1.54) is 5.56 Å². The number of guanidine groups is 1. The molecule has 1 saturated heterocycles. The lowest BCUT2D eigenvalue weighted by Crippen LogP contribution is -2.44. The van der Waals surface area contributed by atoms with Gasteiger partial charge in [0.25, 0.3) is 0 Å². The van der Waals surface area contributed by atoms with Crippen molar-refractivity contribution in [2.45, 2.75) is 51.7 Å². The molecule has 2 rings (SSSR count). The van der Waals surface area contributed by atoms with Gasteiger partial charge in [-0.1, -0.05) is 0 Å². The molecule has 0 aliphatic carbocycles. The van der Waals surface area contributed by atoms with Crippen molar-refractivity contribution in [2.24, 2.45) is 12.0 Å². The zero-order valence-corrected chi connectivity index (χ0v) is 19.3. The minimum absolute atomic E-state index is 0. The third-order valence-electron chi connectivity index (χ3n) is 4.10. The summed E-state index contributed by atoms with van der Waals surface area (Å²) in [6.07, 6.45) is 6.47. The zero-order chi connectivity index (χ0) is 19.2. The lowest BCUT2D eigenvalue weighted by Gasteiger charge is -2.23. The van der Waals surface area contributed by atoms with Crippen LogP contribution in [0.25, 0.3) is 0 Å². The van der Waals surface area contributed by atoms with E-state index in [0.717, 1.165) is 44.9 Å². The number of hydrogen-bond donors (Lipinski definition) is 2. The van der Waals surface area contributed by atoms with Crippen molar-refractivity contribution in [3.8, 4) is 0 Å². The third-order valence-corrected chi connectivity index (χ3v) is 4.10. The van der Waals surface area contributed by atoms with Gasteiger partial charge in [-0.3, -0.25) is 9.67 Å². The Morgan fingerprint density at radius 2 is 2.19 bits per heavy atom. The van der Waals surface area contributed by atoms with Gasteiger partial charge in [-0.25, -0.2) is 4.79 Å². The standard InChI is InChI=1S/C18H32N6O2.HI/c1-18(2,3)26-17(25)22-15-8-10-24(13-15)16(19-4)20-9-6-7-14-11-21-23(5)12-14;/h11-12,15H,6-10,13H2,1-5H3,(H,19,20)(H,22,25);1H. The molecule has 1 aromatic rings. The minimum atomic E-state index is -0.478. The lowest BCUT2D eigenvalue weighted by molar-refractivity contribution is 0.0507. The molecular weight excluding hydrogens is 459 g/mol. The topological polar surface area (TPSA) is 83.8 Å². The van der Waals surface area contributed by atoms with Crippen LogP contribution in [0.4, 0.5) is 4.79 Å². The molecule has 0 bridgehead atoms. The number of nitrogens with zero attached hydrogens (tertiary/aromatic N) is 4. The number of halogens is 1. The second-order valence-corrected chi connectivity index (χ2v) is 7.68. The Labute approximate surface area is 179 Å². The summed E-state index contributed by atoms with van der Waals surface area (Å²) in [4.78, 5) is 18.4. The van der Waals surface area contributed by atoms with E-state index < -0.39 is 5.60 Å². The first kappa shape index (κ1) is 23.5. The molecule has 1 unspecified atom stereocenters. The summed E-state index contributed by atoms with van der Waals surface area (Å²) in [5, 5.41) is 10.5. The number of carbonyl (C=O) groups excluding carboxylic acids is 1. The van der Waals surface area contributed by atoms with Crippen LogP contribution in [-0.4, -0.2) is 65.1 Å². The van der Waals surface area contributed by atoms with Crippen LogP contribution in [-0.2, 0) is 18.2 Å². The SMILES string of the molecule is CN=C(NCCCc1cnn(C)c1)N1CCC(NC(=O)OC(C)(C)C)C1.I. The number of aromatic nitrogens is 2. The van der Waals surface area contributed by atoms with E-state index in [0.29, 0.717) is 0 Å². The molecule has 1 atom stereocenters. The van der Waals surface area contributed by atoms with Gasteiger partial charge in [-0.15, -0.1) is 24.0 Å². The lowest BCUT2D eigenvalue weighted by atomic mass is 10.2. The maximum Gasteiger partial charge on any atom is 0.407 e. The van der Waals surface area contributed by atoms with Gasteiger partial charge in [0.05, 0.1) is 12.2 Å². The summed E-state index contributed by atoms with van der Waals surface area (Å²) in [5.41, 5.74) is 0.765. The Kier molecular flexibility index (Phi) is 9.34. The highest BCUT2D eigenvalue weighted by Crippen LogP contribution is 2.12. The second-order valence-electron chi connectivity index (χ2n) is 7.68. The number of carbonyl (C=O) groups is 1. The highest BCUT2D eigenvalue weighted by Gasteiger charge is 2.27. The average Bonchev–Trinajstić information content (AvgIpc) is 3.15. The van der Waals surface area contributed by atoms with Crippen molar-refractivity contribution in [1.82, 2.24) is 25.3 Å². The van der Waals surface area contributed by atoms with Crippen molar-refractivity contribution in [3.05, 3.63) is 18.0 Å². The van der Waals surface area contributed by atoms with Crippen LogP contribution < -0.4 is 10.6 Å². The van der Waals surface area contributed by atoms with Crippen LogP contribution in [0.5, 0.6) is 0 Å². The van der Waals surface area contributed by atoms with Gasteiger partial charge in [0.15, 0.2) is 5.96 Å². The molecule has 2 heterocycles. The summed E-state index contributed by atoms with van der Waals surface area (Å²) in [5.74, 6) is 0.879. The number of nitrogens with one attached hydrogen (secondary N) is 2. The van der Waals surface area contributed by atoms with Gasteiger partial charge < -0.3 is 20.3 Å². The van der Waals surface area contributed by atoms with E-state index in [9.17, 15) is 4.79 Å². The fourth-order valence-electron chi connectivity index (χ4n) is 2.97. The monoisotopic (exact) mass is 492 g/mol. The van der Waals surface area contributed by atoms with Crippen molar-refractivity contribution in [1.29, 1.82) is 0 Å². The number of aryl methyl sites for hydroxylation is 2. The Balaban J connectivity index is 0.00000364. The zero-order valence-electron chi connectivity index (χ0n) is 17.0. The molecule has 0 radical (unpaired) electrons. The first-order valence-electron chi connectivity index (χ1n) is 9.19. The van der Waals surface area contributed by atoms with Gasteiger partial charge in [0.2, 0.25) is 0 Å². The van der Waals surface area contributed by atoms with Crippen LogP contribution >= 0.6 is 24.0 Å². The molecule has 0 aromatic carbocycles. The molecule has 1 aliphatic rings. The number of hydrogen-bond acceptors (Lipinski definition) is 4. The van der Waals surface area contributed by atoms with Crippen LogP contribution in [0, 0.1) is 0 Å². The normalized spacial score (nSPS) is 17.4. The fourth-order valence-corrected chi connectivity index (χ4v) is 2.97. The maximum absolute atomic E-state index is 11.9. The van der Waals surface area contributed by atoms with Crippen molar-refractivity contribution in [2.75, 3.05) is 26.7 Å². The summed E-state index contributed by atoms with van der Waals surface area (Å²) in [7, 11) is 3.72. The van der Waals surface area contributed by atoms with E-state index in [-0.39, 0.29) is 36.1 Å². The van der Waals surface area contributed by atoms with Gasteiger partial charge in [0, 0.05) is 39.9 Å². The number of rotatable bonds is 5. The Morgan fingerprint density at radius 1 is 1.44 bits per heavy atom. The molecule has 0 saturated carbocycles. The molecule has 27 heavy (non-hydrogen) atoms. The fraction of sp³-hybridized carbons (Fsp3) is 0.722. The second kappa shape index (κ2) is 10.7. The summed E-state index contributed by atoms with van der Waals surface area (Å²) in [6.45, 7) is 8.05. The third kappa shape index (κ3) is 8.35. The van der Waals surface area contributed by atoms with Crippen LogP contribution in [0.1, 0.15) is 39.2 Å². The van der Waals surface area contributed by atoms with Gasteiger partial charge in [-0.2, -0.15) is 5.10 Å². The Morgan fingerprint density at radius 3 is 2.78 bits per heavy atom. The summed E-state index contributed by atoms with van der Waals surface area (Å²) in [6, 6.07) is 0.0822. The molecule has 2 N–H and O–H groups in total. The van der Waals surface area contributed by atoms with Crippen molar-refractivity contribution in [3.63, 3.8) is 0 Å². The number of aliphatic imine (C=N–C) groups is 1. The average molecular weight is 492 g/mol. The van der Waals surface area contributed by atoms with E-state index in [2.05, 4.69) is 25.6 Å². The van der Waals surface area contributed by atoms with E-state index in [4.69, 9.17) is 4.74 Å². The van der Waals surface area contributed by atoms with Crippen LogP contribution in [0.2, 0.25) is 0 Å². The van der Waals surface area contributed by atoms with Crippen LogP contribution in [0.3, 0.4) is 0 Å². The predicted molar refractivity (Wildman–Crippen MR) is 118 cm³/mol. The van der Waals surface area contributed by atoms with E-state index in [1.807, 2.05) is 44.9 Å². The molecule has 8 nitrogen and oxygen atoms in total. The van der Waals surface area contributed by atoms with Crippen molar-refractivity contribution < 1.29 is 9.53 Å². The maximum atomic E-state index is 11.9. The van der Waals surface area contributed by atoms with E-state index >= 15 is 0 Å². The number of alkyl carbamates (subject to hydrolysis) is 1. The molecule has 1 amide bonds. The predicted octanol–water partition coefficient (Wildman–Crippen LogP) is 2.15. The highest BCUT2D eigenvalue weighted by atomic mass is 127. The van der Waals surface area contributed by atoms with Gasteiger partial charge >= 0.3 is 6.09 Å². The summed E-state index contributed by atoms with van der Waals surface area (Å²) < 4.78 is 7.15. The Bertz CT molecular complexity index is 626. The highest BCUT2D eigenvalue weighted by molar-refractivity contribution is 14.0. The molecule has 1 fully saturated rings. The molecule has 154 valence electrons. The quantitative estimate of drug-likeness (QED) is 0.285. The summed E-state index contributed by atoms with van der Waals surface area (Å²) >= 11 is 0. The molecular formula is C18H33IN6O2. The smallest absolute Gasteiger partial charge is 0.407 e. The molecule has 0 spiro atoms. The Hall–Kier alpha value is -1.52. The number of amides is 1. The van der Waals surface area contributed by atoms with Crippen LogP contribution in [0.15, 0.2) is 17.4 Å². The molecule has 1 aromatic heterocycles. The van der Waals surface area contributed by atoms with Gasteiger partial charge in [0.1, 0.15) is 5.60 Å². The molecule has 1 aliphatic heterocycles. The van der Waals surface area contributed by atoms with Crippen molar-refractivity contribution >= 4 is 36.0 Å². The largest absolute Gasteiger partial charge is 0.444 e. The minimum Gasteiger partial charge on any atom is -0.444 e. The number of likely N-dealkylation sites (tertiary alicyclic amines) is 1. The molecule has 9 heteroatoms. The van der Waals surface area contributed by atoms with Gasteiger partial charge in [-0.05, 0) is 45.6 Å². The van der Waals surface area contributed by atoms with E-state index in [1.54, 1.807) is 7.05 Å².